The monoisotopic (exact) mass is 250 g/mol. The van der Waals surface area contributed by atoms with Crippen LogP contribution in [0, 0.1) is 11.6 Å². The van der Waals surface area contributed by atoms with Crippen molar-refractivity contribution in [3.05, 3.63) is 59.6 Å². The molecule has 0 aliphatic carbocycles. The Hall–Kier alpha value is -2.30. The third-order valence-corrected chi connectivity index (χ3v) is 2.37. The van der Waals surface area contributed by atoms with E-state index in [4.69, 9.17) is 4.42 Å². The molecular weight excluding hydrogens is 242 g/mol. The van der Waals surface area contributed by atoms with Crippen LogP contribution in [0.25, 0.3) is 0 Å². The summed E-state index contributed by atoms with van der Waals surface area (Å²) in [5.41, 5.74) is -0.435. The first-order valence-corrected chi connectivity index (χ1v) is 5.13. The SMILES string of the molecule is O=C(CC(=O)c1cccc(F)c1F)c1ccco1. The van der Waals surface area contributed by atoms with Gasteiger partial charge in [-0.05, 0) is 24.3 Å². The van der Waals surface area contributed by atoms with Gasteiger partial charge in [0.15, 0.2) is 23.2 Å². The van der Waals surface area contributed by atoms with Gasteiger partial charge in [0.25, 0.3) is 0 Å². The van der Waals surface area contributed by atoms with Gasteiger partial charge in [0.05, 0.1) is 18.2 Å². The zero-order valence-electron chi connectivity index (χ0n) is 9.15. The van der Waals surface area contributed by atoms with Crippen molar-refractivity contribution in [2.24, 2.45) is 0 Å². The molecule has 1 aromatic heterocycles. The van der Waals surface area contributed by atoms with E-state index >= 15 is 0 Å². The van der Waals surface area contributed by atoms with Crippen molar-refractivity contribution in [1.82, 2.24) is 0 Å². The number of hydrogen-bond donors (Lipinski definition) is 0. The lowest BCUT2D eigenvalue weighted by Gasteiger charge is -2.01. The molecule has 5 heteroatoms. The van der Waals surface area contributed by atoms with E-state index in [9.17, 15) is 18.4 Å². The quantitative estimate of drug-likeness (QED) is 0.619. The fourth-order valence-corrected chi connectivity index (χ4v) is 1.48. The Kier molecular flexibility index (Phi) is 3.32. The largest absolute Gasteiger partial charge is 0.461 e. The molecule has 0 aliphatic rings. The van der Waals surface area contributed by atoms with Crippen LogP contribution in [-0.4, -0.2) is 11.6 Å². The Morgan fingerprint density at radius 1 is 1.06 bits per heavy atom. The predicted molar refractivity (Wildman–Crippen MR) is 58.3 cm³/mol. The topological polar surface area (TPSA) is 47.3 Å². The van der Waals surface area contributed by atoms with Gasteiger partial charge in [-0.2, -0.15) is 0 Å². The zero-order chi connectivity index (χ0) is 13.1. The van der Waals surface area contributed by atoms with Crippen molar-refractivity contribution >= 4 is 11.6 Å². The average Bonchev–Trinajstić information content (AvgIpc) is 2.86. The maximum atomic E-state index is 13.3. The molecule has 0 saturated carbocycles. The lowest BCUT2D eigenvalue weighted by Crippen LogP contribution is -2.10. The smallest absolute Gasteiger partial charge is 0.205 e. The van der Waals surface area contributed by atoms with Gasteiger partial charge >= 0.3 is 0 Å². The first-order chi connectivity index (χ1) is 8.59. The van der Waals surface area contributed by atoms with Crippen LogP contribution in [0.5, 0.6) is 0 Å². The number of halogens is 2. The number of hydrogen-bond acceptors (Lipinski definition) is 3. The Bertz CT molecular complexity index is 588. The van der Waals surface area contributed by atoms with Gasteiger partial charge < -0.3 is 4.42 Å². The molecular formula is C13H8F2O3. The van der Waals surface area contributed by atoms with Gasteiger partial charge in [-0.1, -0.05) is 6.07 Å². The number of furan rings is 1. The van der Waals surface area contributed by atoms with Crippen LogP contribution in [0.15, 0.2) is 41.0 Å². The van der Waals surface area contributed by atoms with E-state index in [1.807, 2.05) is 0 Å². The molecule has 0 fully saturated rings. The number of Topliss-reactive ketones (excluding diaryl/α,β-unsaturated/α-hetero) is 2. The maximum Gasteiger partial charge on any atom is 0.205 e. The van der Waals surface area contributed by atoms with Gasteiger partial charge in [0.2, 0.25) is 5.78 Å². The standard InChI is InChI=1S/C13H8F2O3/c14-9-4-1-3-8(13(9)15)10(16)7-11(17)12-5-2-6-18-12/h1-6H,7H2. The highest BCUT2D eigenvalue weighted by Crippen LogP contribution is 2.15. The van der Waals surface area contributed by atoms with Crippen molar-refractivity contribution in [3.63, 3.8) is 0 Å². The average molecular weight is 250 g/mol. The van der Waals surface area contributed by atoms with Crippen LogP contribution in [0.2, 0.25) is 0 Å². The molecule has 1 aromatic carbocycles. The van der Waals surface area contributed by atoms with Crippen LogP contribution in [0.4, 0.5) is 8.78 Å². The van der Waals surface area contributed by atoms with Gasteiger partial charge in [-0.25, -0.2) is 8.78 Å². The van der Waals surface area contributed by atoms with Gasteiger partial charge in [-0.15, -0.1) is 0 Å². The number of benzene rings is 1. The van der Waals surface area contributed by atoms with Gasteiger partial charge in [0, 0.05) is 0 Å². The van der Waals surface area contributed by atoms with Crippen LogP contribution in [-0.2, 0) is 0 Å². The third kappa shape index (κ3) is 2.34. The molecule has 2 aromatic rings. The summed E-state index contributed by atoms with van der Waals surface area (Å²) in [7, 11) is 0. The Morgan fingerprint density at radius 2 is 1.83 bits per heavy atom. The van der Waals surface area contributed by atoms with Crippen molar-refractivity contribution in [2.45, 2.75) is 6.42 Å². The second kappa shape index (κ2) is 4.91. The summed E-state index contributed by atoms with van der Waals surface area (Å²) in [5.74, 6) is -3.71. The molecule has 0 unspecified atom stereocenters. The van der Waals surface area contributed by atoms with Gasteiger partial charge in [-0.3, -0.25) is 9.59 Å². The molecule has 0 N–H and O–H groups in total. The summed E-state index contributed by atoms with van der Waals surface area (Å²) in [5, 5.41) is 0. The molecule has 18 heavy (non-hydrogen) atoms. The lowest BCUT2D eigenvalue weighted by molar-refractivity contribution is 0.0875. The highest BCUT2D eigenvalue weighted by molar-refractivity contribution is 6.12. The van der Waals surface area contributed by atoms with Crippen molar-refractivity contribution in [1.29, 1.82) is 0 Å². The molecule has 0 amide bonds. The molecule has 0 spiro atoms. The highest BCUT2D eigenvalue weighted by atomic mass is 19.2. The summed E-state index contributed by atoms with van der Waals surface area (Å²) in [6.07, 6.45) is 0.731. The maximum absolute atomic E-state index is 13.3. The molecule has 0 bridgehead atoms. The predicted octanol–water partition coefficient (Wildman–Crippen LogP) is 3.01. The summed E-state index contributed by atoms with van der Waals surface area (Å²) < 4.78 is 31.1. The van der Waals surface area contributed by atoms with Gasteiger partial charge in [0.1, 0.15) is 0 Å². The molecule has 3 nitrogen and oxygen atoms in total. The second-order valence-corrected chi connectivity index (χ2v) is 3.60. The normalized spacial score (nSPS) is 10.3. The van der Waals surface area contributed by atoms with E-state index < -0.39 is 35.2 Å². The second-order valence-electron chi connectivity index (χ2n) is 3.60. The third-order valence-electron chi connectivity index (χ3n) is 2.37. The Labute approximate surface area is 101 Å². The van der Waals surface area contributed by atoms with Crippen LogP contribution >= 0.6 is 0 Å². The Balaban J connectivity index is 2.18. The minimum Gasteiger partial charge on any atom is -0.461 e. The van der Waals surface area contributed by atoms with E-state index in [-0.39, 0.29) is 5.76 Å². The van der Waals surface area contributed by atoms with E-state index in [1.54, 1.807) is 0 Å². The molecule has 0 saturated heterocycles. The molecule has 92 valence electrons. The van der Waals surface area contributed by atoms with E-state index in [2.05, 4.69) is 0 Å². The molecule has 2 rings (SSSR count). The molecule has 0 atom stereocenters. The fourth-order valence-electron chi connectivity index (χ4n) is 1.48. The molecule has 0 radical (unpaired) electrons. The number of carbonyl (C=O) groups is 2. The summed E-state index contributed by atoms with van der Waals surface area (Å²) in [6.45, 7) is 0. The highest BCUT2D eigenvalue weighted by Gasteiger charge is 2.19. The van der Waals surface area contributed by atoms with E-state index in [0.29, 0.717) is 0 Å². The van der Waals surface area contributed by atoms with Crippen molar-refractivity contribution in [3.8, 4) is 0 Å². The minimum atomic E-state index is -1.24. The fraction of sp³-hybridized carbons (Fsp3) is 0.0769. The number of ketones is 2. The lowest BCUT2D eigenvalue weighted by atomic mass is 10.0. The van der Waals surface area contributed by atoms with Crippen molar-refractivity contribution in [2.75, 3.05) is 0 Å². The van der Waals surface area contributed by atoms with E-state index in [0.717, 1.165) is 12.1 Å². The number of rotatable bonds is 4. The molecule has 1 heterocycles. The Morgan fingerprint density at radius 3 is 2.50 bits per heavy atom. The minimum absolute atomic E-state index is 0.0140. The van der Waals surface area contributed by atoms with Crippen LogP contribution in [0.3, 0.4) is 0 Å². The zero-order valence-corrected chi connectivity index (χ0v) is 9.15. The summed E-state index contributed by atoms with van der Waals surface area (Å²) >= 11 is 0. The van der Waals surface area contributed by atoms with Crippen LogP contribution in [0.1, 0.15) is 27.3 Å². The first-order valence-electron chi connectivity index (χ1n) is 5.13. The number of carbonyl (C=O) groups excluding carboxylic acids is 2. The summed E-state index contributed by atoms with van der Waals surface area (Å²) in [4.78, 5) is 23.2. The van der Waals surface area contributed by atoms with E-state index in [1.165, 1.54) is 24.5 Å². The first kappa shape index (κ1) is 12.2. The molecule has 0 aliphatic heterocycles. The summed E-state index contributed by atoms with van der Waals surface area (Å²) in [6, 6.07) is 6.15. The van der Waals surface area contributed by atoms with Crippen LogP contribution < -0.4 is 0 Å². The van der Waals surface area contributed by atoms with Crippen molar-refractivity contribution < 1.29 is 22.8 Å².